The molecule has 0 saturated carbocycles. The van der Waals surface area contributed by atoms with Crippen molar-refractivity contribution in [2.24, 2.45) is 0 Å². The molecular formula is C18H15BrN4O2. The molecule has 0 saturated heterocycles. The lowest BCUT2D eigenvalue weighted by atomic mass is 10.1. The molecule has 1 aliphatic rings. The number of halogens is 1. The minimum Gasteiger partial charge on any atom is -0.491 e. The number of hydrogen-bond donors (Lipinski definition) is 1. The van der Waals surface area contributed by atoms with E-state index in [-0.39, 0.29) is 5.91 Å². The minimum absolute atomic E-state index is 0.195. The summed E-state index contributed by atoms with van der Waals surface area (Å²) in [7, 11) is 0. The van der Waals surface area contributed by atoms with Crippen LogP contribution in [0, 0.1) is 0 Å². The SMILES string of the molecule is O=C(Nc1cccc2c1N(Br)CCCO2)c1ccc2cncnc2c1. The van der Waals surface area contributed by atoms with Gasteiger partial charge in [0.05, 0.1) is 17.8 Å². The van der Waals surface area contributed by atoms with Crippen LogP contribution >= 0.6 is 16.1 Å². The van der Waals surface area contributed by atoms with Crippen LogP contribution in [-0.2, 0) is 0 Å². The predicted octanol–water partition coefficient (Wildman–Crippen LogP) is 3.78. The molecule has 0 fully saturated rings. The van der Waals surface area contributed by atoms with E-state index in [1.807, 2.05) is 28.2 Å². The first-order chi connectivity index (χ1) is 12.2. The summed E-state index contributed by atoms with van der Waals surface area (Å²) < 4.78 is 7.69. The third-order valence-corrected chi connectivity index (χ3v) is 4.73. The quantitative estimate of drug-likeness (QED) is 0.665. The van der Waals surface area contributed by atoms with E-state index in [9.17, 15) is 4.79 Å². The molecule has 1 aromatic heterocycles. The van der Waals surface area contributed by atoms with Gasteiger partial charge in [-0.05, 0) is 30.7 Å². The van der Waals surface area contributed by atoms with Gasteiger partial charge < -0.3 is 14.0 Å². The molecule has 0 atom stereocenters. The summed E-state index contributed by atoms with van der Waals surface area (Å²) in [6.45, 7) is 1.45. The second-order valence-electron chi connectivity index (χ2n) is 5.69. The van der Waals surface area contributed by atoms with Crippen molar-refractivity contribution in [1.82, 2.24) is 9.97 Å². The summed E-state index contributed by atoms with van der Waals surface area (Å²) in [5.74, 6) is 0.553. The topological polar surface area (TPSA) is 67.4 Å². The Labute approximate surface area is 153 Å². The molecule has 2 heterocycles. The molecule has 1 amide bonds. The van der Waals surface area contributed by atoms with E-state index >= 15 is 0 Å². The van der Waals surface area contributed by atoms with Gasteiger partial charge in [-0.15, -0.1) is 0 Å². The summed E-state index contributed by atoms with van der Waals surface area (Å²) in [6.07, 6.45) is 4.10. The molecule has 1 aliphatic heterocycles. The lowest BCUT2D eigenvalue weighted by molar-refractivity contribution is 0.102. The van der Waals surface area contributed by atoms with Crippen molar-refractivity contribution < 1.29 is 9.53 Å². The van der Waals surface area contributed by atoms with Gasteiger partial charge in [-0.2, -0.15) is 0 Å². The number of ether oxygens (including phenoxy) is 1. The Morgan fingerprint density at radius 1 is 1.28 bits per heavy atom. The fourth-order valence-corrected chi connectivity index (χ4v) is 3.41. The van der Waals surface area contributed by atoms with Crippen molar-refractivity contribution in [3.63, 3.8) is 0 Å². The first kappa shape index (κ1) is 15.8. The van der Waals surface area contributed by atoms with E-state index in [0.29, 0.717) is 17.9 Å². The molecule has 6 nitrogen and oxygen atoms in total. The van der Waals surface area contributed by atoms with E-state index < -0.39 is 0 Å². The molecule has 0 spiro atoms. The summed E-state index contributed by atoms with van der Waals surface area (Å²) in [5, 5.41) is 3.87. The van der Waals surface area contributed by atoms with Crippen LogP contribution in [0.25, 0.3) is 10.9 Å². The number of para-hydroxylation sites is 1. The highest BCUT2D eigenvalue weighted by molar-refractivity contribution is 9.10. The Kier molecular flexibility index (Phi) is 4.23. The zero-order valence-corrected chi connectivity index (χ0v) is 14.9. The van der Waals surface area contributed by atoms with Gasteiger partial charge in [0, 0.05) is 39.8 Å². The fourth-order valence-electron chi connectivity index (χ4n) is 2.80. The number of rotatable bonds is 2. The van der Waals surface area contributed by atoms with E-state index in [1.165, 1.54) is 6.33 Å². The number of nitrogens with zero attached hydrogens (tertiary/aromatic N) is 3. The number of fused-ring (bicyclic) bond motifs is 2. The Balaban J connectivity index is 1.66. The van der Waals surface area contributed by atoms with Crippen LogP contribution in [0.1, 0.15) is 16.8 Å². The van der Waals surface area contributed by atoms with Crippen LogP contribution in [0.2, 0.25) is 0 Å². The van der Waals surface area contributed by atoms with Gasteiger partial charge in [0.15, 0.2) is 0 Å². The van der Waals surface area contributed by atoms with Crippen molar-refractivity contribution in [3.05, 3.63) is 54.5 Å². The van der Waals surface area contributed by atoms with Crippen molar-refractivity contribution in [2.45, 2.75) is 6.42 Å². The van der Waals surface area contributed by atoms with Crippen LogP contribution in [-0.4, -0.2) is 29.0 Å². The van der Waals surface area contributed by atoms with Gasteiger partial charge in [-0.3, -0.25) is 4.79 Å². The number of hydrogen-bond acceptors (Lipinski definition) is 5. The number of nitrogens with one attached hydrogen (secondary N) is 1. The van der Waals surface area contributed by atoms with Crippen LogP contribution in [0.15, 0.2) is 48.9 Å². The molecule has 3 aromatic rings. The van der Waals surface area contributed by atoms with E-state index in [1.54, 1.807) is 18.3 Å². The maximum absolute atomic E-state index is 12.7. The largest absolute Gasteiger partial charge is 0.491 e. The molecule has 7 heteroatoms. The summed E-state index contributed by atoms with van der Waals surface area (Å²) in [5.41, 5.74) is 2.81. The van der Waals surface area contributed by atoms with Gasteiger partial charge in [0.2, 0.25) is 0 Å². The average molecular weight is 399 g/mol. The van der Waals surface area contributed by atoms with E-state index in [2.05, 4.69) is 31.4 Å². The highest BCUT2D eigenvalue weighted by Gasteiger charge is 2.20. The summed E-state index contributed by atoms with van der Waals surface area (Å²) in [6, 6.07) is 11.0. The van der Waals surface area contributed by atoms with Crippen molar-refractivity contribution in [2.75, 3.05) is 22.4 Å². The highest BCUT2D eigenvalue weighted by Crippen LogP contribution is 2.39. The van der Waals surface area contributed by atoms with E-state index in [4.69, 9.17) is 4.74 Å². The summed E-state index contributed by atoms with van der Waals surface area (Å²) >= 11 is 3.55. The molecule has 2 aromatic carbocycles. The van der Waals surface area contributed by atoms with Gasteiger partial charge in [-0.1, -0.05) is 12.1 Å². The average Bonchev–Trinajstić information content (AvgIpc) is 2.83. The zero-order valence-electron chi connectivity index (χ0n) is 13.3. The highest BCUT2D eigenvalue weighted by atomic mass is 79.9. The number of carbonyl (C=O) groups excluding carboxylic acids is 1. The Morgan fingerprint density at radius 3 is 3.12 bits per heavy atom. The Hall–Kier alpha value is -2.67. The molecule has 0 aliphatic carbocycles. The van der Waals surface area contributed by atoms with Crippen LogP contribution in [0.4, 0.5) is 11.4 Å². The van der Waals surface area contributed by atoms with E-state index in [0.717, 1.165) is 35.3 Å². The van der Waals surface area contributed by atoms with Gasteiger partial charge >= 0.3 is 0 Å². The standard InChI is InChI=1S/C18H15BrN4O2/c19-23-7-2-8-25-16-4-1-3-14(17(16)23)22-18(24)12-5-6-13-10-20-11-21-15(13)9-12/h1,3-6,9-11H,2,7-8H2,(H,22,24). The molecule has 0 radical (unpaired) electrons. The van der Waals surface area contributed by atoms with Crippen molar-refractivity contribution >= 4 is 44.3 Å². The number of anilines is 2. The Morgan fingerprint density at radius 2 is 2.20 bits per heavy atom. The van der Waals surface area contributed by atoms with Crippen LogP contribution in [0.5, 0.6) is 5.75 Å². The summed E-state index contributed by atoms with van der Waals surface area (Å²) in [4.78, 5) is 20.9. The van der Waals surface area contributed by atoms with Crippen molar-refractivity contribution in [3.8, 4) is 5.75 Å². The number of benzene rings is 2. The first-order valence-corrected chi connectivity index (χ1v) is 8.63. The fraction of sp³-hybridized carbons (Fsp3) is 0.167. The van der Waals surface area contributed by atoms with Crippen LogP contribution in [0.3, 0.4) is 0 Å². The second-order valence-corrected chi connectivity index (χ2v) is 6.55. The molecule has 25 heavy (non-hydrogen) atoms. The number of aromatic nitrogens is 2. The Bertz CT molecular complexity index is 947. The predicted molar refractivity (Wildman–Crippen MR) is 100 cm³/mol. The van der Waals surface area contributed by atoms with Gasteiger partial charge in [-0.25, -0.2) is 9.97 Å². The number of amides is 1. The minimum atomic E-state index is -0.195. The zero-order chi connectivity index (χ0) is 17.2. The third kappa shape index (κ3) is 3.15. The van der Waals surface area contributed by atoms with Gasteiger partial charge in [0.1, 0.15) is 17.8 Å². The lowest BCUT2D eigenvalue weighted by Gasteiger charge is -2.19. The maximum Gasteiger partial charge on any atom is 0.255 e. The lowest BCUT2D eigenvalue weighted by Crippen LogP contribution is -2.16. The normalized spacial score (nSPS) is 13.7. The van der Waals surface area contributed by atoms with Crippen LogP contribution < -0.4 is 14.0 Å². The monoisotopic (exact) mass is 398 g/mol. The smallest absolute Gasteiger partial charge is 0.255 e. The molecule has 0 unspecified atom stereocenters. The maximum atomic E-state index is 12.7. The molecule has 126 valence electrons. The number of carbonyl (C=O) groups is 1. The third-order valence-electron chi connectivity index (χ3n) is 4.02. The molecule has 4 rings (SSSR count). The molecular weight excluding hydrogens is 384 g/mol. The van der Waals surface area contributed by atoms with Crippen molar-refractivity contribution in [1.29, 1.82) is 0 Å². The first-order valence-electron chi connectivity index (χ1n) is 7.92. The molecule has 0 bridgehead atoms. The second kappa shape index (κ2) is 6.68. The molecule has 1 N–H and O–H groups in total. The van der Waals surface area contributed by atoms with Gasteiger partial charge in [0.25, 0.3) is 5.91 Å².